The number of benzene rings is 3. The molecule has 3 aromatic carbocycles. The Kier molecular flexibility index (Phi) is 7.64. The summed E-state index contributed by atoms with van der Waals surface area (Å²) < 4.78 is 0. The van der Waals surface area contributed by atoms with Crippen LogP contribution in [0.5, 0.6) is 0 Å². The summed E-state index contributed by atoms with van der Waals surface area (Å²) in [5, 5.41) is 6.15. The number of carbonyl (C=O) groups excluding carboxylic acids is 2. The van der Waals surface area contributed by atoms with Gasteiger partial charge < -0.3 is 10.6 Å². The number of rotatable bonds is 7. The third kappa shape index (κ3) is 5.94. The molecule has 1 aliphatic carbocycles. The van der Waals surface area contributed by atoms with E-state index in [4.69, 9.17) is 0 Å². The highest BCUT2D eigenvalue weighted by Gasteiger charge is 2.37. The molecule has 1 unspecified atom stereocenters. The predicted molar refractivity (Wildman–Crippen MR) is 158 cm³/mol. The van der Waals surface area contributed by atoms with Gasteiger partial charge in [0.15, 0.2) is 0 Å². The summed E-state index contributed by atoms with van der Waals surface area (Å²) in [5.74, 6) is -0.238. The molecule has 1 heterocycles. The fourth-order valence-corrected chi connectivity index (χ4v) is 6.12. The van der Waals surface area contributed by atoms with E-state index >= 15 is 0 Å². The van der Waals surface area contributed by atoms with Gasteiger partial charge in [0, 0.05) is 23.4 Å². The number of carbonyl (C=O) groups is 2. The number of likely N-dealkylation sites (tertiary alicyclic amines) is 1. The van der Waals surface area contributed by atoms with Gasteiger partial charge in [-0.3, -0.25) is 14.5 Å². The monoisotopic (exact) mass is 523 g/mol. The molecular weight excluding hydrogens is 482 g/mol. The van der Waals surface area contributed by atoms with Crippen molar-refractivity contribution in [1.82, 2.24) is 10.2 Å². The van der Waals surface area contributed by atoms with Crippen LogP contribution < -0.4 is 10.6 Å². The molecule has 0 radical (unpaired) electrons. The number of fused-ring (bicyclic) bond motifs is 1. The van der Waals surface area contributed by atoms with Crippen molar-refractivity contribution in [2.45, 2.75) is 70.3 Å². The smallest absolute Gasteiger partial charge is 0.255 e. The van der Waals surface area contributed by atoms with Gasteiger partial charge in [-0.2, -0.15) is 0 Å². The molecule has 39 heavy (non-hydrogen) atoms. The maximum Gasteiger partial charge on any atom is 0.255 e. The summed E-state index contributed by atoms with van der Waals surface area (Å²) in [6, 6.07) is 23.9. The van der Waals surface area contributed by atoms with E-state index in [-0.39, 0.29) is 28.7 Å². The highest BCUT2D eigenvalue weighted by molar-refractivity contribution is 6.04. The lowest BCUT2D eigenvalue weighted by Crippen LogP contribution is -2.36. The Labute approximate surface area is 233 Å². The van der Waals surface area contributed by atoms with Crippen LogP contribution in [0, 0.1) is 0 Å². The standard InChI is InChI=1S/C34H41N3O2/c1-33(2)18-19-34(3,4)29-22-26(14-17-28(29)33)32(39)36-27-15-12-25(13-16-27)31(38)35-23-30(37-20-8-9-21-37)24-10-6-5-7-11-24/h5-7,10-17,22,30H,8-9,18-21,23H2,1-4H3,(H,35,38)(H,36,39). The number of nitrogens with zero attached hydrogens (tertiary/aromatic N) is 1. The van der Waals surface area contributed by atoms with E-state index in [9.17, 15) is 9.59 Å². The molecule has 1 saturated heterocycles. The number of amides is 2. The van der Waals surface area contributed by atoms with E-state index in [2.05, 4.69) is 79.6 Å². The molecule has 5 nitrogen and oxygen atoms in total. The van der Waals surface area contributed by atoms with E-state index < -0.39 is 0 Å². The van der Waals surface area contributed by atoms with E-state index in [0.29, 0.717) is 23.4 Å². The van der Waals surface area contributed by atoms with Crippen LogP contribution >= 0.6 is 0 Å². The van der Waals surface area contributed by atoms with Crippen LogP contribution in [0.15, 0.2) is 72.8 Å². The highest BCUT2D eigenvalue weighted by Crippen LogP contribution is 2.45. The van der Waals surface area contributed by atoms with Crippen molar-refractivity contribution in [3.05, 3.63) is 101 Å². The van der Waals surface area contributed by atoms with Crippen molar-refractivity contribution in [2.75, 3.05) is 25.0 Å². The van der Waals surface area contributed by atoms with Crippen LogP contribution in [0.25, 0.3) is 0 Å². The third-order valence-electron chi connectivity index (χ3n) is 8.74. The Morgan fingerprint density at radius 1 is 0.769 bits per heavy atom. The van der Waals surface area contributed by atoms with Crippen molar-refractivity contribution >= 4 is 17.5 Å². The second-order valence-corrected chi connectivity index (χ2v) is 12.4. The zero-order valence-corrected chi connectivity index (χ0v) is 23.7. The molecule has 0 saturated carbocycles. The van der Waals surface area contributed by atoms with Crippen LogP contribution in [0.4, 0.5) is 5.69 Å². The zero-order valence-electron chi connectivity index (χ0n) is 23.7. The molecule has 1 atom stereocenters. The first-order valence-electron chi connectivity index (χ1n) is 14.3. The maximum absolute atomic E-state index is 13.1. The molecule has 5 heteroatoms. The molecule has 3 aromatic rings. The predicted octanol–water partition coefficient (Wildman–Crippen LogP) is 6.85. The van der Waals surface area contributed by atoms with E-state index in [1.54, 1.807) is 24.3 Å². The number of hydrogen-bond donors (Lipinski definition) is 2. The fourth-order valence-electron chi connectivity index (χ4n) is 6.12. The summed E-state index contributed by atoms with van der Waals surface area (Å²) in [6.07, 6.45) is 4.65. The Hall–Kier alpha value is -3.44. The van der Waals surface area contributed by atoms with Gasteiger partial charge in [-0.15, -0.1) is 0 Å². The molecule has 2 N–H and O–H groups in total. The maximum atomic E-state index is 13.1. The van der Waals surface area contributed by atoms with Crippen LogP contribution in [0.2, 0.25) is 0 Å². The summed E-state index contributed by atoms with van der Waals surface area (Å²) in [6.45, 7) is 11.8. The minimum absolute atomic E-state index is 0.0461. The minimum atomic E-state index is -0.134. The number of anilines is 1. The van der Waals surface area contributed by atoms with E-state index in [1.165, 1.54) is 29.5 Å². The summed E-state index contributed by atoms with van der Waals surface area (Å²) in [4.78, 5) is 28.6. The van der Waals surface area contributed by atoms with Crippen LogP contribution in [0.1, 0.15) is 96.8 Å². The van der Waals surface area contributed by atoms with Gasteiger partial charge in [0.1, 0.15) is 0 Å². The largest absolute Gasteiger partial charge is 0.350 e. The molecule has 1 fully saturated rings. The van der Waals surface area contributed by atoms with Gasteiger partial charge >= 0.3 is 0 Å². The molecule has 0 bridgehead atoms. The fraction of sp³-hybridized carbons (Fsp3) is 0.412. The molecule has 2 aliphatic rings. The second kappa shape index (κ2) is 11.0. The molecule has 2 amide bonds. The van der Waals surface area contributed by atoms with E-state index in [0.717, 1.165) is 25.9 Å². The Morgan fingerprint density at radius 2 is 1.38 bits per heavy atom. The average molecular weight is 524 g/mol. The molecule has 0 aromatic heterocycles. The Morgan fingerprint density at radius 3 is 2.05 bits per heavy atom. The van der Waals surface area contributed by atoms with Crippen molar-refractivity contribution in [3.63, 3.8) is 0 Å². The highest BCUT2D eigenvalue weighted by atomic mass is 16.2. The lowest BCUT2D eigenvalue weighted by atomic mass is 9.63. The first-order valence-corrected chi connectivity index (χ1v) is 14.3. The van der Waals surface area contributed by atoms with Crippen LogP contribution in [0.3, 0.4) is 0 Å². The quantitative estimate of drug-likeness (QED) is 0.356. The average Bonchev–Trinajstić information content (AvgIpc) is 3.47. The first kappa shape index (κ1) is 27.1. The third-order valence-corrected chi connectivity index (χ3v) is 8.74. The number of hydrogen-bond acceptors (Lipinski definition) is 3. The summed E-state index contributed by atoms with van der Waals surface area (Å²) >= 11 is 0. The normalized spacial score (nSPS) is 18.7. The number of nitrogens with one attached hydrogen (secondary N) is 2. The summed E-state index contributed by atoms with van der Waals surface area (Å²) in [5.41, 5.74) is 5.91. The molecule has 204 valence electrons. The van der Waals surface area contributed by atoms with Crippen LogP contribution in [-0.2, 0) is 10.8 Å². The first-order chi connectivity index (χ1) is 18.6. The molecule has 5 rings (SSSR count). The van der Waals surface area contributed by atoms with E-state index in [1.807, 2.05) is 12.1 Å². The molecule has 1 aliphatic heterocycles. The minimum Gasteiger partial charge on any atom is -0.350 e. The van der Waals surface area contributed by atoms with Crippen molar-refractivity contribution < 1.29 is 9.59 Å². The summed E-state index contributed by atoms with van der Waals surface area (Å²) in [7, 11) is 0. The Balaban J connectivity index is 1.23. The Bertz CT molecular complexity index is 1320. The second-order valence-electron chi connectivity index (χ2n) is 12.4. The molecule has 0 spiro atoms. The lowest BCUT2D eigenvalue weighted by Gasteiger charge is -2.42. The van der Waals surface area contributed by atoms with Crippen molar-refractivity contribution in [1.29, 1.82) is 0 Å². The SMILES string of the molecule is CC1(C)CCC(C)(C)c2cc(C(=O)Nc3ccc(C(=O)NCC(c4ccccc4)N4CCCC4)cc3)ccc21. The van der Waals surface area contributed by atoms with Gasteiger partial charge in [0.05, 0.1) is 6.04 Å². The van der Waals surface area contributed by atoms with Gasteiger partial charge in [0.25, 0.3) is 11.8 Å². The zero-order chi connectivity index (χ0) is 27.6. The molecular formula is C34H41N3O2. The van der Waals surface area contributed by atoms with Gasteiger partial charge in [-0.25, -0.2) is 0 Å². The topological polar surface area (TPSA) is 61.4 Å². The van der Waals surface area contributed by atoms with Gasteiger partial charge in [0.2, 0.25) is 0 Å². The van der Waals surface area contributed by atoms with Crippen molar-refractivity contribution in [2.24, 2.45) is 0 Å². The lowest BCUT2D eigenvalue weighted by molar-refractivity contribution is 0.0937. The van der Waals surface area contributed by atoms with Gasteiger partial charge in [-0.1, -0.05) is 64.1 Å². The van der Waals surface area contributed by atoms with Crippen LogP contribution in [-0.4, -0.2) is 36.3 Å². The van der Waals surface area contributed by atoms with Crippen molar-refractivity contribution in [3.8, 4) is 0 Å². The van der Waals surface area contributed by atoms with Gasteiger partial charge in [-0.05, 0) is 103 Å².